The highest BCUT2D eigenvalue weighted by Gasteiger charge is 2.10. The Morgan fingerprint density at radius 1 is 1.08 bits per heavy atom. The maximum Gasteiger partial charge on any atom is 0.221 e. The summed E-state index contributed by atoms with van der Waals surface area (Å²) < 4.78 is 5.38. The van der Waals surface area contributed by atoms with Crippen LogP contribution in [0.15, 0.2) is 48.9 Å². The monoisotopic (exact) mass is 350 g/mol. The van der Waals surface area contributed by atoms with Crippen molar-refractivity contribution >= 4 is 11.6 Å². The van der Waals surface area contributed by atoms with Crippen molar-refractivity contribution in [3.05, 3.63) is 70.9 Å². The number of aromatic nitrogens is 3. The zero-order valence-electron chi connectivity index (χ0n) is 13.6. The van der Waals surface area contributed by atoms with Crippen LogP contribution in [0.3, 0.4) is 0 Å². The van der Waals surface area contributed by atoms with E-state index < -0.39 is 0 Å². The third kappa shape index (κ3) is 4.11. The van der Waals surface area contributed by atoms with Gasteiger partial charge in [0.15, 0.2) is 0 Å². The fourth-order valence-corrected chi connectivity index (χ4v) is 2.68. The first-order chi connectivity index (χ1) is 12.2. The molecule has 2 aromatic heterocycles. The number of pyridine rings is 1. The first kappa shape index (κ1) is 16.9. The van der Waals surface area contributed by atoms with Crippen LogP contribution in [-0.2, 0) is 12.8 Å². The Labute approximate surface area is 150 Å². The number of nitriles is 1. The zero-order chi connectivity index (χ0) is 17.6. The summed E-state index contributed by atoms with van der Waals surface area (Å²) in [6.07, 6.45) is 6.10. The molecule has 0 saturated carbocycles. The van der Waals surface area contributed by atoms with E-state index in [1.807, 2.05) is 36.4 Å². The molecular formula is C19H15ClN4O. The fraction of sp³-hybridized carbons (Fsp3) is 0.158. The molecule has 0 unspecified atom stereocenters. The van der Waals surface area contributed by atoms with Crippen molar-refractivity contribution in [2.24, 2.45) is 0 Å². The summed E-state index contributed by atoms with van der Waals surface area (Å²) in [5.41, 5.74) is 3.78. The molecule has 3 aromatic rings. The summed E-state index contributed by atoms with van der Waals surface area (Å²) in [4.78, 5) is 12.8. The van der Waals surface area contributed by atoms with Gasteiger partial charge in [0.05, 0.1) is 19.6 Å². The molecule has 0 bridgehead atoms. The van der Waals surface area contributed by atoms with E-state index in [4.69, 9.17) is 21.6 Å². The summed E-state index contributed by atoms with van der Waals surface area (Å²) in [5, 5.41) is 9.33. The molecule has 124 valence electrons. The molecule has 0 aliphatic rings. The molecule has 2 heterocycles. The van der Waals surface area contributed by atoms with Crippen LogP contribution in [0.25, 0.3) is 11.1 Å². The van der Waals surface area contributed by atoms with Crippen molar-refractivity contribution in [2.75, 3.05) is 7.11 Å². The number of ether oxygens (including phenoxy) is 1. The summed E-state index contributed by atoms with van der Waals surface area (Å²) in [6.45, 7) is 0. The van der Waals surface area contributed by atoms with E-state index in [-0.39, 0.29) is 6.42 Å². The quantitative estimate of drug-likeness (QED) is 0.698. The van der Waals surface area contributed by atoms with E-state index in [1.54, 1.807) is 25.7 Å². The molecule has 0 amide bonds. The first-order valence-corrected chi connectivity index (χ1v) is 8.03. The van der Waals surface area contributed by atoms with Gasteiger partial charge < -0.3 is 4.74 Å². The van der Waals surface area contributed by atoms with Crippen molar-refractivity contribution in [3.8, 4) is 23.1 Å². The Balaban J connectivity index is 1.90. The number of methoxy groups -OCH3 is 1. The zero-order valence-corrected chi connectivity index (χ0v) is 14.4. The van der Waals surface area contributed by atoms with E-state index in [0.717, 1.165) is 22.3 Å². The van der Waals surface area contributed by atoms with Crippen LogP contribution in [0.1, 0.15) is 17.0 Å². The highest BCUT2D eigenvalue weighted by Crippen LogP contribution is 2.30. The third-order valence-electron chi connectivity index (χ3n) is 3.64. The van der Waals surface area contributed by atoms with Crippen molar-refractivity contribution in [1.82, 2.24) is 15.0 Å². The number of benzene rings is 1. The van der Waals surface area contributed by atoms with E-state index in [1.165, 1.54) is 0 Å². The lowest BCUT2D eigenvalue weighted by Crippen LogP contribution is -1.98. The number of nitrogens with zero attached hydrogens (tertiary/aromatic N) is 4. The van der Waals surface area contributed by atoms with Gasteiger partial charge in [0, 0.05) is 35.6 Å². The van der Waals surface area contributed by atoms with E-state index in [9.17, 15) is 0 Å². The van der Waals surface area contributed by atoms with Crippen molar-refractivity contribution in [2.45, 2.75) is 12.8 Å². The number of hydrogen-bond donors (Lipinski definition) is 0. The summed E-state index contributed by atoms with van der Waals surface area (Å²) in [5.74, 6) is 1.07. The largest absolute Gasteiger partial charge is 0.481 e. The van der Waals surface area contributed by atoms with Gasteiger partial charge in [0.1, 0.15) is 5.82 Å². The standard InChI is InChI=1S/C19H15ClN4O/c1-25-19-17(15-3-2-4-16(20)9-15)8-13(10-24-19)7-14-11-22-18(5-6-21)23-12-14/h2-4,8-12H,5,7H2,1H3. The topological polar surface area (TPSA) is 71.7 Å². The highest BCUT2D eigenvalue weighted by molar-refractivity contribution is 6.30. The van der Waals surface area contributed by atoms with Gasteiger partial charge in [-0.25, -0.2) is 15.0 Å². The van der Waals surface area contributed by atoms with Crippen LogP contribution in [0.2, 0.25) is 5.02 Å². The highest BCUT2D eigenvalue weighted by atomic mass is 35.5. The predicted octanol–water partition coefficient (Wildman–Crippen LogP) is 3.86. The predicted molar refractivity (Wildman–Crippen MR) is 95.4 cm³/mol. The normalized spacial score (nSPS) is 10.3. The van der Waals surface area contributed by atoms with Crippen molar-refractivity contribution in [1.29, 1.82) is 5.26 Å². The van der Waals surface area contributed by atoms with Crippen LogP contribution in [0.5, 0.6) is 5.88 Å². The average molecular weight is 351 g/mol. The van der Waals surface area contributed by atoms with Gasteiger partial charge in [-0.2, -0.15) is 5.26 Å². The van der Waals surface area contributed by atoms with E-state index >= 15 is 0 Å². The molecule has 0 fully saturated rings. The molecule has 6 heteroatoms. The minimum absolute atomic E-state index is 0.212. The van der Waals surface area contributed by atoms with Crippen molar-refractivity contribution < 1.29 is 4.74 Å². The van der Waals surface area contributed by atoms with Gasteiger partial charge in [-0.1, -0.05) is 23.7 Å². The molecule has 0 aliphatic carbocycles. The molecule has 3 rings (SSSR count). The molecule has 0 spiro atoms. The molecule has 1 aromatic carbocycles. The molecule has 0 aliphatic heterocycles. The van der Waals surface area contributed by atoms with Crippen LogP contribution in [0.4, 0.5) is 0 Å². The van der Waals surface area contributed by atoms with E-state index in [2.05, 4.69) is 15.0 Å². The summed E-state index contributed by atoms with van der Waals surface area (Å²) in [6, 6.07) is 11.6. The molecule has 25 heavy (non-hydrogen) atoms. The summed E-state index contributed by atoms with van der Waals surface area (Å²) in [7, 11) is 1.60. The fourth-order valence-electron chi connectivity index (χ4n) is 2.49. The Morgan fingerprint density at radius 2 is 1.84 bits per heavy atom. The second-order valence-electron chi connectivity index (χ2n) is 5.43. The van der Waals surface area contributed by atoms with Gasteiger partial charge >= 0.3 is 0 Å². The third-order valence-corrected chi connectivity index (χ3v) is 3.88. The Hall–Kier alpha value is -2.97. The SMILES string of the molecule is COc1ncc(Cc2cnc(CC#N)nc2)cc1-c1cccc(Cl)c1. The van der Waals surface area contributed by atoms with Crippen LogP contribution in [-0.4, -0.2) is 22.1 Å². The summed E-state index contributed by atoms with van der Waals surface area (Å²) >= 11 is 6.10. The molecular weight excluding hydrogens is 336 g/mol. The van der Waals surface area contributed by atoms with Crippen LogP contribution in [0, 0.1) is 11.3 Å². The lowest BCUT2D eigenvalue weighted by Gasteiger charge is -2.10. The maximum atomic E-state index is 8.67. The Kier molecular flexibility index (Phi) is 5.22. The lowest BCUT2D eigenvalue weighted by molar-refractivity contribution is 0.399. The average Bonchev–Trinajstić information content (AvgIpc) is 2.63. The van der Waals surface area contributed by atoms with E-state index in [0.29, 0.717) is 23.1 Å². The minimum atomic E-state index is 0.212. The molecule has 0 radical (unpaired) electrons. The number of halogens is 1. The van der Waals surface area contributed by atoms with Gasteiger partial charge in [-0.3, -0.25) is 0 Å². The lowest BCUT2D eigenvalue weighted by atomic mass is 10.0. The molecule has 0 saturated heterocycles. The van der Waals surface area contributed by atoms with Crippen LogP contribution < -0.4 is 4.74 Å². The van der Waals surface area contributed by atoms with Gasteiger partial charge in [-0.15, -0.1) is 0 Å². The Bertz CT molecular complexity index is 919. The first-order valence-electron chi connectivity index (χ1n) is 7.65. The minimum Gasteiger partial charge on any atom is -0.481 e. The second kappa shape index (κ2) is 7.73. The molecule has 5 nitrogen and oxygen atoms in total. The molecule has 0 atom stereocenters. The van der Waals surface area contributed by atoms with Gasteiger partial charge in [0.25, 0.3) is 0 Å². The second-order valence-corrected chi connectivity index (χ2v) is 5.87. The number of rotatable bonds is 5. The van der Waals surface area contributed by atoms with Gasteiger partial charge in [-0.05, 0) is 34.9 Å². The van der Waals surface area contributed by atoms with Gasteiger partial charge in [0.2, 0.25) is 5.88 Å². The number of hydrogen-bond acceptors (Lipinski definition) is 5. The smallest absolute Gasteiger partial charge is 0.221 e. The van der Waals surface area contributed by atoms with Crippen molar-refractivity contribution in [3.63, 3.8) is 0 Å². The maximum absolute atomic E-state index is 8.67. The Morgan fingerprint density at radius 3 is 2.52 bits per heavy atom. The van der Waals surface area contributed by atoms with Crippen LogP contribution >= 0.6 is 11.6 Å². The molecule has 0 N–H and O–H groups in total.